The third kappa shape index (κ3) is 4.91. The van der Waals surface area contributed by atoms with E-state index in [0.29, 0.717) is 16.6 Å². The number of rotatable bonds is 4. The fourth-order valence-electron chi connectivity index (χ4n) is 3.77. The normalized spacial score (nSPS) is 22.5. The number of nitrogens with one attached hydrogen (secondary N) is 2. The van der Waals surface area contributed by atoms with Gasteiger partial charge in [-0.1, -0.05) is 17.7 Å². The Morgan fingerprint density at radius 2 is 2.00 bits per heavy atom. The Balaban J connectivity index is 0.00000225. The predicted molar refractivity (Wildman–Crippen MR) is 127 cm³/mol. The number of anilines is 1. The number of thiophene rings is 1. The maximum atomic E-state index is 14.1. The van der Waals surface area contributed by atoms with Gasteiger partial charge in [0.15, 0.2) is 5.96 Å². The molecule has 1 saturated carbocycles. The molecule has 2 aliphatic rings. The Hall–Kier alpha value is -1.06. The minimum absolute atomic E-state index is 0. The van der Waals surface area contributed by atoms with E-state index in [9.17, 15) is 4.39 Å². The molecule has 1 aliphatic heterocycles. The van der Waals surface area contributed by atoms with E-state index >= 15 is 0 Å². The average molecular weight is 535 g/mol. The summed E-state index contributed by atoms with van der Waals surface area (Å²) in [5, 5.41) is 10.9. The first-order valence-electron chi connectivity index (χ1n) is 9.38. The van der Waals surface area contributed by atoms with Gasteiger partial charge >= 0.3 is 0 Å². The van der Waals surface area contributed by atoms with Crippen LogP contribution in [0.3, 0.4) is 0 Å². The first kappa shape index (κ1) is 21.6. The van der Waals surface area contributed by atoms with Gasteiger partial charge in [0.1, 0.15) is 5.82 Å². The van der Waals surface area contributed by atoms with Gasteiger partial charge in [0.25, 0.3) is 0 Å². The van der Waals surface area contributed by atoms with E-state index in [-0.39, 0.29) is 41.8 Å². The molecule has 2 aromatic rings. The standard InChI is InChI=1S/C20H24ClFN4S.HI/c1-23-20(24-13-7-9-26(10-8-13)18-6-3-11-27-18)25-17-12-14(17)19-15(21)4-2-5-16(19)22;/h2-6,11,13-14,17H,7-10,12H2,1H3,(H2,23,24,25);1H. The smallest absolute Gasteiger partial charge is 0.191 e. The van der Waals surface area contributed by atoms with E-state index in [4.69, 9.17) is 11.6 Å². The van der Waals surface area contributed by atoms with Crippen LogP contribution in [-0.2, 0) is 0 Å². The predicted octanol–water partition coefficient (Wildman–Crippen LogP) is 4.85. The van der Waals surface area contributed by atoms with Crippen LogP contribution in [0.25, 0.3) is 0 Å². The van der Waals surface area contributed by atoms with E-state index in [1.54, 1.807) is 30.5 Å². The molecule has 28 heavy (non-hydrogen) atoms. The third-order valence-electron chi connectivity index (χ3n) is 5.36. The lowest BCUT2D eigenvalue weighted by Crippen LogP contribution is -2.49. The van der Waals surface area contributed by atoms with Gasteiger partial charge in [-0.3, -0.25) is 4.99 Å². The monoisotopic (exact) mass is 534 g/mol. The maximum absolute atomic E-state index is 14.1. The number of piperidine rings is 1. The number of aliphatic imine (C=N–C) groups is 1. The van der Waals surface area contributed by atoms with Crippen molar-refractivity contribution < 1.29 is 4.39 Å². The van der Waals surface area contributed by atoms with Crippen LogP contribution in [-0.4, -0.2) is 38.2 Å². The molecule has 1 aromatic carbocycles. The van der Waals surface area contributed by atoms with Gasteiger partial charge in [-0.15, -0.1) is 35.3 Å². The summed E-state index contributed by atoms with van der Waals surface area (Å²) in [4.78, 5) is 6.80. The quantitative estimate of drug-likeness (QED) is 0.335. The zero-order valence-electron chi connectivity index (χ0n) is 15.7. The van der Waals surface area contributed by atoms with E-state index in [1.165, 1.54) is 11.1 Å². The lowest BCUT2D eigenvalue weighted by Gasteiger charge is -2.33. The second kappa shape index (κ2) is 9.63. The topological polar surface area (TPSA) is 39.7 Å². The molecule has 8 heteroatoms. The Morgan fingerprint density at radius 1 is 1.21 bits per heavy atom. The van der Waals surface area contributed by atoms with Crippen molar-refractivity contribution in [3.8, 4) is 0 Å². The second-order valence-electron chi connectivity index (χ2n) is 7.16. The number of nitrogens with zero attached hydrogens (tertiary/aromatic N) is 2. The summed E-state index contributed by atoms with van der Waals surface area (Å²) in [6.07, 6.45) is 3.02. The molecule has 0 bridgehead atoms. The van der Waals surface area contributed by atoms with Crippen molar-refractivity contribution in [3.05, 3.63) is 52.1 Å². The highest BCUT2D eigenvalue weighted by atomic mass is 127. The molecule has 2 unspecified atom stereocenters. The molecule has 0 radical (unpaired) electrons. The first-order valence-corrected chi connectivity index (χ1v) is 10.6. The minimum atomic E-state index is -0.222. The van der Waals surface area contributed by atoms with Gasteiger partial charge < -0.3 is 15.5 Å². The largest absolute Gasteiger partial charge is 0.363 e. The molecule has 2 heterocycles. The van der Waals surface area contributed by atoms with Crippen molar-refractivity contribution in [1.82, 2.24) is 10.6 Å². The SMILES string of the molecule is CN=C(NC1CCN(c2cccs2)CC1)NC1CC1c1c(F)cccc1Cl.I. The third-order valence-corrected chi connectivity index (χ3v) is 6.62. The first-order chi connectivity index (χ1) is 13.2. The van der Waals surface area contributed by atoms with Gasteiger partial charge in [-0.2, -0.15) is 0 Å². The summed E-state index contributed by atoms with van der Waals surface area (Å²) >= 11 is 7.99. The lowest BCUT2D eigenvalue weighted by molar-refractivity contribution is 0.462. The van der Waals surface area contributed by atoms with Crippen molar-refractivity contribution >= 4 is 57.9 Å². The number of hydrogen-bond acceptors (Lipinski definition) is 3. The summed E-state index contributed by atoms with van der Waals surface area (Å²) in [5.41, 5.74) is 0.622. The van der Waals surface area contributed by atoms with Crippen molar-refractivity contribution in [2.45, 2.75) is 37.3 Å². The Bertz CT molecular complexity index is 788. The van der Waals surface area contributed by atoms with E-state index < -0.39 is 0 Å². The summed E-state index contributed by atoms with van der Waals surface area (Å²) < 4.78 is 14.1. The van der Waals surface area contributed by atoms with Crippen LogP contribution in [0, 0.1) is 5.82 Å². The van der Waals surface area contributed by atoms with Crippen LogP contribution in [0.4, 0.5) is 9.39 Å². The van der Waals surface area contributed by atoms with Crippen LogP contribution < -0.4 is 15.5 Å². The molecule has 4 rings (SSSR count). The van der Waals surface area contributed by atoms with E-state index in [1.807, 2.05) is 0 Å². The Kier molecular flexibility index (Phi) is 7.44. The van der Waals surface area contributed by atoms with Crippen LogP contribution in [0.2, 0.25) is 5.02 Å². The van der Waals surface area contributed by atoms with Crippen LogP contribution in [0.5, 0.6) is 0 Å². The number of hydrogen-bond donors (Lipinski definition) is 2. The Labute approximate surface area is 191 Å². The van der Waals surface area contributed by atoms with Gasteiger partial charge in [0, 0.05) is 48.7 Å². The molecule has 1 aliphatic carbocycles. The molecule has 152 valence electrons. The highest BCUT2D eigenvalue weighted by Gasteiger charge is 2.42. The van der Waals surface area contributed by atoms with Crippen LogP contribution in [0.1, 0.15) is 30.7 Å². The van der Waals surface area contributed by atoms with Crippen molar-refractivity contribution in [1.29, 1.82) is 0 Å². The van der Waals surface area contributed by atoms with Crippen molar-refractivity contribution in [2.24, 2.45) is 4.99 Å². The molecule has 0 spiro atoms. The number of guanidine groups is 1. The summed E-state index contributed by atoms with van der Waals surface area (Å²) in [6.45, 7) is 2.10. The molecule has 2 atom stereocenters. The van der Waals surface area contributed by atoms with Gasteiger partial charge in [-0.25, -0.2) is 4.39 Å². The average Bonchev–Trinajstić information content (AvgIpc) is 3.18. The fourth-order valence-corrected chi connectivity index (χ4v) is 4.86. The summed E-state index contributed by atoms with van der Waals surface area (Å²) in [5.74, 6) is 0.683. The summed E-state index contributed by atoms with van der Waals surface area (Å²) in [7, 11) is 1.78. The maximum Gasteiger partial charge on any atom is 0.191 e. The van der Waals surface area contributed by atoms with Crippen molar-refractivity contribution in [3.63, 3.8) is 0 Å². The van der Waals surface area contributed by atoms with Crippen LogP contribution in [0.15, 0.2) is 40.7 Å². The molecular formula is C20H25ClFIN4S. The fraction of sp³-hybridized carbons (Fsp3) is 0.450. The highest BCUT2D eigenvalue weighted by molar-refractivity contribution is 14.0. The molecule has 0 amide bonds. The van der Waals surface area contributed by atoms with E-state index in [2.05, 4.69) is 38.0 Å². The van der Waals surface area contributed by atoms with Gasteiger partial charge in [-0.05, 0) is 48.9 Å². The highest BCUT2D eigenvalue weighted by Crippen LogP contribution is 2.44. The molecule has 1 aromatic heterocycles. The molecule has 4 nitrogen and oxygen atoms in total. The molecular weight excluding hydrogens is 510 g/mol. The Morgan fingerprint density at radius 3 is 2.64 bits per heavy atom. The second-order valence-corrected chi connectivity index (χ2v) is 8.49. The zero-order chi connectivity index (χ0) is 18.8. The van der Waals surface area contributed by atoms with Gasteiger partial charge in [0.05, 0.1) is 5.00 Å². The molecule has 2 fully saturated rings. The van der Waals surface area contributed by atoms with Gasteiger partial charge in [0.2, 0.25) is 0 Å². The summed E-state index contributed by atoms with van der Waals surface area (Å²) in [6, 6.07) is 9.74. The van der Waals surface area contributed by atoms with Crippen LogP contribution >= 0.6 is 46.9 Å². The molecule has 1 saturated heterocycles. The number of benzene rings is 1. The minimum Gasteiger partial charge on any atom is -0.363 e. The number of halogens is 3. The molecule has 2 N–H and O–H groups in total. The van der Waals surface area contributed by atoms with E-state index in [0.717, 1.165) is 38.3 Å². The van der Waals surface area contributed by atoms with Crippen molar-refractivity contribution in [2.75, 3.05) is 25.0 Å². The zero-order valence-corrected chi connectivity index (χ0v) is 19.6. The lowest BCUT2D eigenvalue weighted by atomic mass is 10.1.